The number of hydrogen-bond donors (Lipinski definition) is 1. The number of fused-ring (bicyclic) bond motifs is 1. The summed E-state index contributed by atoms with van der Waals surface area (Å²) in [7, 11) is 0. The first-order chi connectivity index (χ1) is 16.6. The third-order valence-electron chi connectivity index (χ3n) is 6.01. The van der Waals surface area contributed by atoms with Crippen LogP contribution in [-0.2, 0) is 0 Å². The number of rotatable bonds is 6. The largest absolute Gasteiger partial charge is 0.337 e. The lowest BCUT2D eigenvalue weighted by molar-refractivity contribution is 1.01. The zero-order chi connectivity index (χ0) is 23.7. The van der Waals surface area contributed by atoms with Crippen LogP contribution in [0.15, 0.2) is 90.8 Å². The van der Waals surface area contributed by atoms with Gasteiger partial charge < -0.3 is 5.32 Å². The van der Waals surface area contributed by atoms with Gasteiger partial charge in [0.1, 0.15) is 0 Å². The van der Waals surface area contributed by atoms with Crippen LogP contribution >= 0.6 is 0 Å². The number of aromatic nitrogens is 3. The molecule has 0 amide bonds. The van der Waals surface area contributed by atoms with Crippen molar-refractivity contribution < 1.29 is 0 Å². The van der Waals surface area contributed by atoms with Crippen LogP contribution in [0.1, 0.15) is 35.2 Å². The van der Waals surface area contributed by atoms with E-state index in [1.54, 1.807) is 6.20 Å². The van der Waals surface area contributed by atoms with E-state index in [-0.39, 0.29) is 12.0 Å². The van der Waals surface area contributed by atoms with E-state index >= 15 is 0 Å². The summed E-state index contributed by atoms with van der Waals surface area (Å²) in [4.78, 5) is 14.2. The molecule has 0 bridgehead atoms. The number of terminal acetylenes is 1. The predicted octanol–water partition coefficient (Wildman–Crippen LogP) is 5.96. The molecule has 166 valence electrons. The van der Waals surface area contributed by atoms with E-state index in [2.05, 4.69) is 66.1 Å². The molecule has 2 unspecified atom stereocenters. The van der Waals surface area contributed by atoms with E-state index in [0.29, 0.717) is 5.82 Å². The molecule has 2 aromatic heterocycles. The topological polar surface area (TPSA) is 54.6 Å². The van der Waals surface area contributed by atoms with Crippen molar-refractivity contribution in [1.29, 1.82) is 0 Å². The Hall–Kier alpha value is -4.43. The third kappa shape index (κ3) is 3.91. The number of benzene rings is 2. The Labute approximate surface area is 199 Å². The average molecular weight is 444 g/mol. The molecule has 1 aliphatic heterocycles. The van der Waals surface area contributed by atoms with Crippen LogP contribution in [0.5, 0.6) is 0 Å². The van der Waals surface area contributed by atoms with Gasteiger partial charge >= 0.3 is 0 Å². The highest BCUT2D eigenvalue weighted by Gasteiger charge is 2.24. The molecule has 5 heteroatoms. The lowest BCUT2D eigenvalue weighted by Gasteiger charge is -2.11. The summed E-state index contributed by atoms with van der Waals surface area (Å²) in [5.41, 5.74) is 7.93. The second-order valence-corrected chi connectivity index (χ2v) is 8.41. The fourth-order valence-corrected chi connectivity index (χ4v) is 4.18. The summed E-state index contributed by atoms with van der Waals surface area (Å²) >= 11 is 0. The lowest BCUT2D eigenvalue weighted by Crippen LogP contribution is -2.05. The van der Waals surface area contributed by atoms with Crippen LogP contribution in [0.25, 0.3) is 11.2 Å². The molecule has 0 fully saturated rings. The van der Waals surface area contributed by atoms with Crippen molar-refractivity contribution >= 4 is 28.4 Å². The molecule has 0 saturated heterocycles. The maximum atomic E-state index is 5.61. The van der Waals surface area contributed by atoms with Crippen molar-refractivity contribution in [3.05, 3.63) is 108 Å². The normalized spacial score (nSPS) is 16.0. The van der Waals surface area contributed by atoms with Crippen molar-refractivity contribution in [2.45, 2.75) is 25.8 Å². The number of nitrogens with one attached hydrogen (secondary N) is 1. The first-order valence-electron chi connectivity index (χ1n) is 11.2. The molecule has 3 heterocycles. The van der Waals surface area contributed by atoms with E-state index in [0.717, 1.165) is 39.4 Å². The van der Waals surface area contributed by atoms with Crippen molar-refractivity contribution in [3.8, 4) is 12.3 Å². The quantitative estimate of drug-likeness (QED) is 0.296. The summed E-state index contributed by atoms with van der Waals surface area (Å²) in [6.07, 6.45) is 15.2. The first kappa shape index (κ1) is 21.4. The van der Waals surface area contributed by atoms with Crippen LogP contribution in [0, 0.1) is 19.3 Å². The molecule has 0 saturated carbocycles. The Kier molecular flexibility index (Phi) is 5.57. The molecule has 0 aliphatic carbocycles. The van der Waals surface area contributed by atoms with E-state index in [1.807, 2.05) is 48.0 Å². The molecule has 5 rings (SSSR count). The smallest absolute Gasteiger partial charge is 0.180 e. The standard InChI is InChI=1S/C29H25N5/c1-5-20(4)21-10-8-12-24(16-21)33-28-29-31-18-26(34(29)14-13-30-28)25-17-23(6-2)32-27(25)22-11-7-9-19(3)15-22/h1,6-18,20,23H,2H2,3-4H3,(H,30,33). The zero-order valence-electron chi connectivity index (χ0n) is 19.2. The second-order valence-electron chi connectivity index (χ2n) is 8.41. The SMILES string of the molecule is C#CC(C)c1cccc(Nc2nccn3c(C4=CC(C=C)N=C4c4cccc(C)c4)cnc23)c1. The molecular formula is C29H25N5. The molecule has 1 N–H and O–H groups in total. The highest BCUT2D eigenvalue weighted by atomic mass is 15.1. The average Bonchev–Trinajstić information content (AvgIpc) is 3.48. The summed E-state index contributed by atoms with van der Waals surface area (Å²) < 4.78 is 2.05. The van der Waals surface area contributed by atoms with E-state index in [9.17, 15) is 0 Å². The van der Waals surface area contributed by atoms with Crippen LogP contribution < -0.4 is 5.32 Å². The minimum absolute atomic E-state index is 0.0370. The van der Waals surface area contributed by atoms with Crippen molar-refractivity contribution in [1.82, 2.24) is 14.4 Å². The Morgan fingerprint density at radius 1 is 1.18 bits per heavy atom. The monoisotopic (exact) mass is 443 g/mol. The lowest BCUT2D eigenvalue weighted by atomic mass is 9.99. The fraction of sp³-hybridized carbons (Fsp3) is 0.138. The van der Waals surface area contributed by atoms with Gasteiger partial charge in [-0.05, 0) is 43.7 Å². The van der Waals surface area contributed by atoms with Crippen LogP contribution in [-0.4, -0.2) is 26.1 Å². The van der Waals surface area contributed by atoms with Gasteiger partial charge in [0, 0.05) is 35.1 Å². The number of aryl methyl sites for hydroxylation is 1. The molecule has 2 aromatic carbocycles. The number of anilines is 2. The summed E-state index contributed by atoms with van der Waals surface area (Å²) in [5, 5.41) is 3.41. The molecule has 1 aliphatic rings. The highest BCUT2D eigenvalue weighted by molar-refractivity contribution is 6.33. The Morgan fingerprint density at radius 2 is 2.03 bits per heavy atom. The predicted molar refractivity (Wildman–Crippen MR) is 140 cm³/mol. The van der Waals surface area contributed by atoms with E-state index in [4.69, 9.17) is 16.4 Å². The minimum atomic E-state index is -0.0728. The van der Waals surface area contributed by atoms with Gasteiger partial charge in [-0.15, -0.1) is 13.0 Å². The molecule has 4 aromatic rings. The molecular weight excluding hydrogens is 418 g/mol. The van der Waals surface area contributed by atoms with Crippen molar-refractivity contribution in [2.75, 3.05) is 5.32 Å². The van der Waals surface area contributed by atoms with Crippen LogP contribution in [0.3, 0.4) is 0 Å². The maximum Gasteiger partial charge on any atom is 0.180 e. The molecule has 2 atom stereocenters. The Balaban J connectivity index is 1.54. The van der Waals surface area contributed by atoms with Gasteiger partial charge in [-0.3, -0.25) is 9.39 Å². The Bertz CT molecular complexity index is 1500. The molecule has 34 heavy (non-hydrogen) atoms. The van der Waals surface area contributed by atoms with Crippen LogP contribution in [0.4, 0.5) is 11.5 Å². The molecule has 0 spiro atoms. The summed E-state index contributed by atoms with van der Waals surface area (Å²) in [5.74, 6) is 3.49. The van der Waals surface area contributed by atoms with E-state index in [1.165, 1.54) is 5.56 Å². The molecule has 0 radical (unpaired) electrons. The number of nitrogens with zero attached hydrogens (tertiary/aromatic N) is 4. The minimum Gasteiger partial charge on any atom is -0.337 e. The second kappa shape index (κ2) is 8.84. The van der Waals surface area contributed by atoms with E-state index < -0.39 is 0 Å². The van der Waals surface area contributed by atoms with Gasteiger partial charge in [-0.1, -0.05) is 47.9 Å². The number of aliphatic imine (C=N–C) groups is 1. The Morgan fingerprint density at radius 3 is 2.82 bits per heavy atom. The van der Waals surface area contributed by atoms with Gasteiger partial charge in [0.15, 0.2) is 11.5 Å². The van der Waals surface area contributed by atoms with Crippen molar-refractivity contribution in [2.24, 2.45) is 4.99 Å². The van der Waals surface area contributed by atoms with Gasteiger partial charge in [-0.25, -0.2) is 9.97 Å². The number of allylic oxidation sites excluding steroid dienone is 1. The summed E-state index contributed by atoms with van der Waals surface area (Å²) in [6, 6.07) is 16.4. The highest BCUT2D eigenvalue weighted by Crippen LogP contribution is 2.30. The maximum absolute atomic E-state index is 5.61. The van der Waals surface area contributed by atoms with Gasteiger partial charge in [0.25, 0.3) is 0 Å². The third-order valence-corrected chi connectivity index (χ3v) is 6.01. The number of hydrogen-bond acceptors (Lipinski definition) is 4. The van der Waals surface area contributed by atoms with Gasteiger partial charge in [-0.2, -0.15) is 0 Å². The molecule has 5 nitrogen and oxygen atoms in total. The number of imidazole rings is 1. The van der Waals surface area contributed by atoms with Crippen molar-refractivity contribution in [3.63, 3.8) is 0 Å². The zero-order valence-corrected chi connectivity index (χ0v) is 19.2. The van der Waals surface area contributed by atoms with Crippen LogP contribution in [0.2, 0.25) is 0 Å². The first-order valence-corrected chi connectivity index (χ1v) is 11.2. The summed E-state index contributed by atoms with van der Waals surface area (Å²) in [6.45, 7) is 8.05. The fourth-order valence-electron chi connectivity index (χ4n) is 4.18. The van der Waals surface area contributed by atoms with Gasteiger partial charge in [0.05, 0.1) is 23.6 Å². The van der Waals surface area contributed by atoms with Gasteiger partial charge in [0.2, 0.25) is 0 Å².